The zero-order chi connectivity index (χ0) is 16.5. The van der Waals surface area contributed by atoms with E-state index in [4.69, 9.17) is 0 Å². The van der Waals surface area contributed by atoms with Crippen LogP contribution in [0.4, 0.5) is 0 Å². The number of likely N-dealkylation sites (N-methyl/N-ethyl adjacent to an activating group) is 1. The van der Waals surface area contributed by atoms with Crippen LogP contribution >= 0.6 is 11.3 Å². The summed E-state index contributed by atoms with van der Waals surface area (Å²) in [6.07, 6.45) is 1.87. The summed E-state index contributed by atoms with van der Waals surface area (Å²) < 4.78 is 0. The maximum absolute atomic E-state index is 11.0. The fourth-order valence-corrected chi connectivity index (χ4v) is 4.65. The molecule has 4 rings (SSSR count). The average Bonchev–Trinajstić information content (AvgIpc) is 3.13. The SMILES string of the molecule is C[NH+]1CC[NH+](C(c2cccs2)c2ccc3ccc[nH+]c3c2O)CC1. The Kier molecular flexibility index (Phi) is 4.22. The fraction of sp³-hybridized carbons (Fsp3) is 0.316. The Morgan fingerprint density at radius 1 is 1.08 bits per heavy atom. The second-order valence-electron chi connectivity index (χ2n) is 6.70. The van der Waals surface area contributed by atoms with Crippen LogP contribution in [0.25, 0.3) is 10.9 Å². The van der Waals surface area contributed by atoms with Gasteiger partial charge >= 0.3 is 0 Å². The molecule has 4 N–H and O–H groups in total. The van der Waals surface area contributed by atoms with Gasteiger partial charge in [-0.3, -0.25) is 0 Å². The Labute approximate surface area is 146 Å². The number of nitrogens with one attached hydrogen (secondary N) is 3. The van der Waals surface area contributed by atoms with Crippen molar-refractivity contribution in [3.8, 4) is 5.75 Å². The molecule has 1 aliphatic rings. The van der Waals surface area contributed by atoms with Gasteiger partial charge in [0.1, 0.15) is 26.2 Å². The Hall–Kier alpha value is -1.95. The number of aromatic amines is 1. The van der Waals surface area contributed by atoms with Gasteiger partial charge in [-0.1, -0.05) is 6.07 Å². The van der Waals surface area contributed by atoms with E-state index in [-0.39, 0.29) is 6.04 Å². The van der Waals surface area contributed by atoms with Gasteiger partial charge in [0.25, 0.3) is 5.52 Å². The Bertz CT molecular complexity index is 826. The predicted molar refractivity (Wildman–Crippen MR) is 95.6 cm³/mol. The number of aromatic hydroxyl groups is 1. The monoisotopic (exact) mass is 342 g/mol. The van der Waals surface area contributed by atoms with Crippen molar-refractivity contribution in [1.82, 2.24) is 0 Å². The van der Waals surface area contributed by atoms with Crippen molar-refractivity contribution in [2.45, 2.75) is 6.04 Å². The van der Waals surface area contributed by atoms with E-state index in [1.165, 1.54) is 18.0 Å². The smallest absolute Gasteiger partial charge is 0.253 e. The van der Waals surface area contributed by atoms with E-state index in [2.05, 4.69) is 41.7 Å². The van der Waals surface area contributed by atoms with Crippen molar-refractivity contribution in [3.05, 3.63) is 58.4 Å². The van der Waals surface area contributed by atoms with Crippen LogP contribution in [0, 0.1) is 0 Å². The molecule has 1 fully saturated rings. The molecule has 124 valence electrons. The number of piperazine rings is 1. The summed E-state index contributed by atoms with van der Waals surface area (Å²) in [5, 5.41) is 14.1. The maximum atomic E-state index is 11.0. The Balaban J connectivity index is 1.80. The molecule has 0 saturated carbocycles. The highest BCUT2D eigenvalue weighted by atomic mass is 32.1. The number of thiophene rings is 1. The number of H-pyrrole nitrogens is 1. The topological polar surface area (TPSA) is 43.2 Å². The van der Waals surface area contributed by atoms with E-state index in [9.17, 15) is 5.11 Å². The third-order valence-electron chi connectivity index (χ3n) is 5.13. The first-order chi connectivity index (χ1) is 11.7. The largest absolute Gasteiger partial charge is 0.502 e. The standard InChI is InChI=1S/C19H21N3OS/c1-21-9-11-22(12-10-21)18(16-5-3-13-24-16)15-7-6-14-4-2-8-20-17(14)19(15)23/h2-8,13,18,23H,9-12H2,1H3/p+3. The summed E-state index contributed by atoms with van der Waals surface area (Å²) in [5.74, 6) is 0.394. The number of fused-ring (bicyclic) bond motifs is 1. The number of hydrogen-bond acceptors (Lipinski definition) is 2. The van der Waals surface area contributed by atoms with Gasteiger partial charge in [-0.05, 0) is 29.6 Å². The van der Waals surface area contributed by atoms with Crippen LogP contribution in [0.15, 0.2) is 48.0 Å². The number of pyridine rings is 1. The van der Waals surface area contributed by atoms with Crippen molar-refractivity contribution in [3.63, 3.8) is 0 Å². The predicted octanol–water partition coefficient (Wildman–Crippen LogP) is -0.0764. The quantitative estimate of drug-likeness (QED) is 0.613. The van der Waals surface area contributed by atoms with Gasteiger partial charge in [-0.15, -0.1) is 11.3 Å². The summed E-state index contributed by atoms with van der Waals surface area (Å²) in [6, 6.07) is 12.7. The number of phenols is 1. The number of quaternary nitrogens is 2. The molecule has 1 atom stereocenters. The average molecular weight is 342 g/mol. The van der Waals surface area contributed by atoms with Gasteiger partial charge in [0.15, 0.2) is 18.0 Å². The molecular weight excluding hydrogens is 318 g/mol. The highest BCUT2D eigenvalue weighted by Crippen LogP contribution is 2.33. The van der Waals surface area contributed by atoms with Crippen LogP contribution in [0.1, 0.15) is 16.5 Å². The zero-order valence-electron chi connectivity index (χ0n) is 13.9. The second-order valence-corrected chi connectivity index (χ2v) is 7.68. The summed E-state index contributed by atoms with van der Waals surface area (Å²) in [5.41, 5.74) is 1.86. The lowest BCUT2D eigenvalue weighted by molar-refractivity contribution is -1.02. The van der Waals surface area contributed by atoms with Crippen LogP contribution in [0.3, 0.4) is 0 Å². The minimum absolute atomic E-state index is 0.205. The molecule has 1 unspecified atom stereocenters. The zero-order valence-corrected chi connectivity index (χ0v) is 14.7. The number of phenolic OH excluding ortho intramolecular Hbond substituents is 1. The van der Waals surface area contributed by atoms with E-state index in [1.54, 1.807) is 21.1 Å². The molecule has 1 saturated heterocycles. The maximum Gasteiger partial charge on any atom is 0.253 e. The van der Waals surface area contributed by atoms with E-state index < -0.39 is 0 Å². The van der Waals surface area contributed by atoms with Crippen molar-refractivity contribution in [2.75, 3.05) is 33.2 Å². The lowest BCUT2D eigenvalue weighted by Gasteiger charge is -2.33. The summed E-state index contributed by atoms with van der Waals surface area (Å²) >= 11 is 1.79. The van der Waals surface area contributed by atoms with Crippen molar-refractivity contribution in [2.24, 2.45) is 0 Å². The third kappa shape index (κ3) is 2.79. The number of aromatic nitrogens is 1. The molecule has 1 aliphatic heterocycles. The van der Waals surface area contributed by atoms with Crippen molar-refractivity contribution >= 4 is 22.2 Å². The van der Waals surface area contributed by atoms with E-state index >= 15 is 0 Å². The van der Waals surface area contributed by atoms with Gasteiger partial charge in [0, 0.05) is 6.07 Å². The van der Waals surface area contributed by atoms with E-state index in [0.29, 0.717) is 5.75 Å². The number of benzene rings is 1. The van der Waals surface area contributed by atoms with Gasteiger partial charge in [-0.25, -0.2) is 4.98 Å². The lowest BCUT2D eigenvalue weighted by atomic mass is 9.99. The molecule has 0 radical (unpaired) electrons. The molecule has 0 spiro atoms. The summed E-state index contributed by atoms with van der Waals surface area (Å²) in [4.78, 5) is 7.69. The van der Waals surface area contributed by atoms with Crippen LogP contribution in [-0.2, 0) is 0 Å². The minimum Gasteiger partial charge on any atom is -0.502 e. The summed E-state index contributed by atoms with van der Waals surface area (Å²) in [6.45, 7) is 4.62. The molecule has 24 heavy (non-hydrogen) atoms. The Morgan fingerprint density at radius 2 is 1.92 bits per heavy atom. The molecular formula is C19H24N3OS+3. The molecule has 3 aromatic rings. The second kappa shape index (κ2) is 6.51. The third-order valence-corrected chi connectivity index (χ3v) is 6.07. The first-order valence-corrected chi connectivity index (χ1v) is 9.43. The number of hydrogen-bond donors (Lipinski definition) is 3. The van der Waals surface area contributed by atoms with E-state index in [0.717, 1.165) is 29.6 Å². The molecule has 0 bridgehead atoms. The first-order valence-electron chi connectivity index (χ1n) is 8.55. The van der Waals surface area contributed by atoms with Crippen LogP contribution in [-0.4, -0.2) is 38.3 Å². The first kappa shape index (κ1) is 15.6. The molecule has 0 amide bonds. The van der Waals surface area contributed by atoms with E-state index in [1.807, 2.05) is 18.3 Å². The van der Waals surface area contributed by atoms with Gasteiger partial charge < -0.3 is 14.9 Å². The molecule has 4 nitrogen and oxygen atoms in total. The number of rotatable bonds is 3. The van der Waals surface area contributed by atoms with Gasteiger partial charge in [0.05, 0.1) is 22.9 Å². The van der Waals surface area contributed by atoms with Crippen molar-refractivity contribution < 1.29 is 19.9 Å². The fourth-order valence-electron chi connectivity index (χ4n) is 3.75. The Morgan fingerprint density at radius 3 is 2.67 bits per heavy atom. The van der Waals surface area contributed by atoms with Gasteiger partial charge in [0.2, 0.25) is 0 Å². The molecule has 0 aliphatic carbocycles. The molecule has 5 heteroatoms. The van der Waals surface area contributed by atoms with Crippen LogP contribution in [0.5, 0.6) is 5.75 Å². The normalized spacial score (nSPS) is 22.5. The van der Waals surface area contributed by atoms with Crippen molar-refractivity contribution in [1.29, 1.82) is 0 Å². The highest BCUT2D eigenvalue weighted by molar-refractivity contribution is 7.10. The van der Waals surface area contributed by atoms with Gasteiger partial charge in [-0.2, -0.15) is 0 Å². The summed E-state index contributed by atoms with van der Waals surface area (Å²) in [7, 11) is 2.26. The highest BCUT2D eigenvalue weighted by Gasteiger charge is 2.34. The minimum atomic E-state index is 0.205. The molecule has 3 heterocycles. The molecule has 1 aromatic carbocycles. The lowest BCUT2D eigenvalue weighted by Crippen LogP contribution is -3.27. The molecule has 2 aromatic heterocycles. The van der Waals surface area contributed by atoms with Crippen LogP contribution < -0.4 is 14.8 Å². The van der Waals surface area contributed by atoms with Crippen LogP contribution in [0.2, 0.25) is 0 Å².